The van der Waals surface area contributed by atoms with Crippen LogP contribution in [-0.4, -0.2) is 23.1 Å². The number of fused-ring (bicyclic) bond motifs is 8. The zero-order valence-electron chi connectivity index (χ0n) is 12.3. The molecule has 1 N–H and O–H groups in total. The van der Waals surface area contributed by atoms with Crippen molar-refractivity contribution in [3.05, 3.63) is 11.1 Å². The van der Waals surface area contributed by atoms with E-state index in [-0.39, 0.29) is 5.92 Å². The summed E-state index contributed by atoms with van der Waals surface area (Å²) >= 11 is 0. The molecule has 3 fully saturated rings. The van der Waals surface area contributed by atoms with Crippen molar-refractivity contribution in [3.63, 3.8) is 0 Å². The van der Waals surface area contributed by atoms with Crippen molar-refractivity contribution in [2.45, 2.75) is 56.5 Å². The van der Waals surface area contributed by atoms with E-state index in [1.165, 1.54) is 5.57 Å². The van der Waals surface area contributed by atoms with Gasteiger partial charge in [-0.05, 0) is 61.7 Å². The second kappa shape index (κ2) is 4.46. The lowest BCUT2D eigenvalue weighted by Gasteiger charge is -2.37. The fourth-order valence-electron chi connectivity index (χ4n) is 5.89. The number of hydrogen-bond donors (Lipinski definition) is 1. The number of alkyl halides is 6. The standard InChI is InChI=1S/C16H18F6O/c17-15(18,19)14(23,16(20,21)22)6-10-4-9-5-11(10)13-8-2-1-7(3-8)12(9)13/h7-10,12,23H,1-6H2. The van der Waals surface area contributed by atoms with Crippen LogP contribution in [0, 0.1) is 29.6 Å². The van der Waals surface area contributed by atoms with Gasteiger partial charge in [0, 0.05) is 6.42 Å². The van der Waals surface area contributed by atoms with Crippen LogP contribution in [0.3, 0.4) is 0 Å². The molecule has 4 aliphatic carbocycles. The average molecular weight is 340 g/mol. The Kier molecular flexibility index (Phi) is 3.06. The number of rotatable bonds is 2. The molecule has 4 aliphatic rings. The number of allylic oxidation sites excluding steroid dienone is 2. The summed E-state index contributed by atoms with van der Waals surface area (Å²) in [5.41, 5.74) is -2.61. The maximum Gasteiger partial charge on any atom is 0.426 e. The Morgan fingerprint density at radius 1 is 0.913 bits per heavy atom. The monoisotopic (exact) mass is 340 g/mol. The Bertz CT molecular complexity index is 546. The third-order valence-electron chi connectivity index (χ3n) is 6.70. The topological polar surface area (TPSA) is 20.2 Å². The average Bonchev–Trinajstić information content (AvgIpc) is 3.14. The Labute approximate surface area is 129 Å². The largest absolute Gasteiger partial charge is 0.426 e. The zero-order valence-corrected chi connectivity index (χ0v) is 12.3. The van der Waals surface area contributed by atoms with E-state index in [0.717, 1.165) is 24.8 Å². The van der Waals surface area contributed by atoms with E-state index in [4.69, 9.17) is 0 Å². The van der Waals surface area contributed by atoms with Gasteiger partial charge in [-0.25, -0.2) is 0 Å². The van der Waals surface area contributed by atoms with Crippen molar-refractivity contribution in [1.29, 1.82) is 0 Å². The zero-order chi connectivity index (χ0) is 16.8. The molecule has 0 aromatic rings. The molecule has 0 heterocycles. The molecule has 4 bridgehead atoms. The number of halogens is 6. The molecule has 130 valence electrons. The minimum atomic E-state index is -5.70. The molecule has 23 heavy (non-hydrogen) atoms. The van der Waals surface area contributed by atoms with Gasteiger partial charge in [-0.15, -0.1) is 0 Å². The molecular weight excluding hydrogens is 322 g/mol. The summed E-state index contributed by atoms with van der Waals surface area (Å²) in [4.78, 5) is 0. The van der Waals surface area contributed by atoms with Crippen molar-refractivity contribution in [2.24, 2.45) is 29.6 Å². The first-order chi connectivity index (χ1) is 10.5. The summed E-state index contributed by atoms with van der Waals surface area (Å²) in [5.74, 6) is 0.787. The third-order valence-corrected chi connectivity index (χ3v) is 6.70. The summed E-state index contributed by atoms with van der Waals surface area (Å²) in [6.45, 7) is 0. The van der Waals surface area contributed by atoms with Crippen LogP contribution in [0.5, 0.6) is 0 Å². The van der Waals surface area contributed by atoms with Crippen LogP contribution in [0.15, 0.2) is 11.1 Å². The molecule has 0 radical (unpaired) electrons. The highest BCUT2D eigenvalue weighted by Gasteiger charge is 2.71. The minimum absolute atomic E-state index is 0.200. The second-order valence-electron chi connectivity index (χ2n) is 7.73. The number of aliphatic hydroxyl groups is 1. The Morgan fingerprint density at radius 3 is 2.17 bits per heavy atom. The smallest absolute Gasteiger partial charge is 0.374 e. The first-order valence-electron chi connectivity index (χ1n) is 8.11. The Hall–Kier alpha value is -0.720. The fourth-order valence-corrected chi connectivity index (χ4v) is 5.89. The predicted octanol–water partition coefficient (Wildman–Crippen LogP) is 4.61. The highest BCUT2D eigenvalue weighted by Crippen LogP contribution is 2.67. The lowest BCUT2D eigenvalue weighted by Crippen LogP contribution is -2.57. The van der Waals surface area contributed by atoms with Crippen LogP contribution in [0.2, 0.25) is 0 Å². The molecule has 5 unspecified atom stereocenters. The second-order valence-corrected chi connectivity index (χ2v) is 7.73. The molecule has 0 aromatic carbocycles. The lowest BCUT2D eigenvalue weighted by atomic mass is 9.72. The first-order valence-corrected chi connectivity index (χ1v) is 8.11. The van der Waals surface area contributed by atoms with Gasteiger partial charge in [-0.2, -0.15) is 26.3 Å². The summed E-state index contributed by atoms with van der Waals surface area (Å²) < 4.78 is 77.6. The molecule has 0 aliphatic heterocycles. The summed E-state index contributed by atoms with van der Waals surface area (Å²) in [5, 5.41) is 9.47. The van der Waals surface area contributed by atoms with Crippen molar-refractivity contribution in [1.82, 2.24) is 0 Å². The van der Waals surface area contributed by atoms with E-state index in [1.54, 1.807) is 0 Å². The SMILES string of the molecule is OC(CC1CC2CC1=C1C3CCC(C3)C12)(C(F)(F)F)C(F)(F)F. The molecule has 3 saturated carbocycles. The van der Waals surface area contributed by atoms with Crippen LogP contribution in [0.1, 0.15) is 38.5 Å². The molecular formula is C16H18F6O. The van der Waals surface area contributed by atoms with Gasteiger partial charge >= 0.3 is 12.4 Å². The van der Waals surface area contributed by atoms with E-state index in [9.17, 15) is 31.4 Å². The molecule has 0 spiro atoms. The molecule has 7 heteroatoms. The molecule has 0 amide bonds. The molecule has 4 rings (SSSR count). The van der Waals surface area contributed by atoms with Crippen LogP contribution >= 0.6 is 0 Å². The summed E-state index contributed by atoms with van der Waals surface area (Å²) in [6, 6.07) is 0. The maximum absolute atomic E-state index is 12.9. The van der Waals surface area contributed by atoms with E-state index in [1.807, 2.05) is 0 Å². The summed E-state index contributed by atoms with van der Waals surface area (Å²) in [7, 11) is 0. The minimum Gasteiger partial charge on any atom is -0.374 e. The third kappa shape index (κ3) is 1.98. The Morgan fingerprint density at radius 2 is 1.57 bits per heavy atom. The molecule has 5 atom stereocenters. The van der Waals surface area contributed by atoms with E-state index in [0.29, 0.717) is 30.6 Å². The predicted molar refractivity (Wildman–Crippen MR) is 69.2 cm³/mol. The highest BCUT2D eigenvalue weighted by atomic mass is 19.4. The molecule has 0 saturated heterocycles. The van der Waals surface area contributed by atoms with Crippen molar-refractivity contribution >= 4 is 0 Å². The summed E-state index contributed by atoms with van der Waals surface area (Å²) in [6.07, 6.45) is -8.47. The van der Waals surface area contributed by atoms with Crippen LogP contribution in [0.4, 0.5) is 26.3 Å². The van der Waals surface area contributed by atoms with Gasteiger partial charge in [-0.3, -0.25) is 0 Å². The first kappa shape index (κ1) is 15.8. The van der Waals surface area contributed by atoms with E-state index >= 15 is 0 Å². The van der Waals surface area contributed by atoms with Crippen molar-refractivity contribution in [3.8, 4) is 0 Å². The van der Waals surface area contributed by atoms with Crippen LogP contribution < -0.4 is 0 Å². The number of hydrogen-bond acceptors (Lipinski definition) is 1. The van der Waals surface area contributed by atoms with Gasteiger partial charge < -0.3 is 5.11 Å². The van der Waals surface area contributed by atoms with Crippen LogP contribution in [-0.2, 0) is 0 Å². The van der Waals surface area contributed by atoms with Gasteiger partial charge in [0.1, 0.15) is 0 Å². The quantitative estimate of drug-likeness (QED) is 0.575. The molecule has 0 aromatic heterocycles. The van der Waals surface area contributed by atoms with Crippen molar-refractivity contribution < 1.29 is 31.4 Å². The van der Waals surface area contributed by atoms with Crippen molar-refractivity contribution in [2.75, 3.05) is 0 Å². The van der Waals surface area contributed by atoms with Crippen LogP contribution in [0.25, 0.3) is 0 Å². The van der Waals surface area contributed by atoms with E-state index < -0.39 is 30.3 Å². The lowest BCUT2D eigenvalue weighted by molar-refractivity contribution is -0.372. The van der Waals surface area contributed by atoms with E-state index in [2.05, 4.69) is 0 Å². The van der Waals surface area contributed by atoms with Gasteiger partial charge in [0.15, 0.2) is 0 Å². The maximum atomic E-state index is 12.9. The van der Waals surface area contributed by atoms with Gasteiger partial charge in [-0.1, -0.05) is 11.1 Å². The normalized spacial score (nSPS) is 39.5. The van der Waals surface area contributed by atoms with Gasteiger partial charge in [0.05, 0.1) is 0 Å². The molecule has 1 nitrogen and oxygen atoms in total. The van der Waals surface area contributed by atoms with Gasteiger partial charge in [0.2, 0.25) is 0 Å². The highest BCUT2D eigenvalue weighted by molar-refractivity contribution is 5.39. The fraction of sp³-hybridized carbons (Fsp3) is 0.875. The van der Waals surface area contributed by atoms with Gasteiger partial charge in [0.25, 0.3) is 5.60 Å². The Balaban J connectivity index is 1.65.